The molecular weight excluding hydrogens is 276 g/mol. The van der Waals surface area contributed by atoms with Crippen LogP contribution in [0.2, 0.25) is 0 Å². The number of nitrogens with zero attached hydrogens (tertiary/aromatic N) is 3. The van der Waals surface area contributed by atoms with Crippen LogP contribution < -0.4 is 5.73 Å². The van der Waals surface area contributed by atoms with Crippen LogP contribution in [-0.4, -0.2) is 20.7 Å². The zero-order valence-electron chi connectivity index (χ0n) is 13.7. The summed E-state index contributed by atoms with van der Waals surface area (Å²) in [5.41, 5.74) is 9.08. The van der Waals surface area contributed by atoms with E-state index in [-0.39, 0.29) is 6.42 Å². The second kappa shape index (κ2) is 6.73. The average Bonchev–Trinajstić information content (AvgIpc) is 2.85. The molecule has 118 valence electrons. The van der Waals surface area contributed by atoms with E-state index >= 15 is 0 Å². The summed E-state index contributed by atoms with van der Waals surface area (Å²) in [4.78, 5) is 15.0. The van der Waals surface area contributed by atoms with E-state index in [0.717, 1.165) is 0 Å². The smallest absolute Gasteiger partial charge is 0.225 e. The summed E-state index contributed by atoms with van der Waals surface area (Å²) in [5.74, 6) is 1.02. The van der Waals surface area contributed by atoms with Crippen LogP contribution in [0.3, 0.4) is 0 Å². The number of amides is 1. The van der Waals surface area contributed by atoms with E-state index in [2.05, 4.69) is 56.0 Å². The molecule has 1 amide bonds. The van der Waals surface area contributed by atoms with Gasteiger partial charge in [-0.25, -0.2) is 9.67 Å². The first-order valence-corrected chi connectivity index (χ1v) is 7.66. The van der Waals surface area contributed by atoms with Crippen LogP contribution in [0.5, 0.6) is 0 Å². The Kier molecular flexibility index (Phi) is 4.96. The van der Waals surface area contributed by atoms with E-state index in [1.807, 2.05) is 0 Å². The number of rotatable bonds is 6. The fraction of sp³-hybridized carbons (Fsp3) is 0.471. The average molecular weight is 300 g/mol. The molecule has 0 bridgehead atoms. The van der Waals surface area contributed by atoms with Gasteiger partial charge in [0.2, 0.25) is 5.91 Å². The molecule has 0 atom stereocenters. The highest BCUT2D eigenvalue weighted by atomic mass is 16.1. The predicted octanol–water partition coefficient (Wildman–Crippen LogP) is 2.60. The number of carbonyl (C=O) groups is 1. The number of primary amides is 1. The van der Waals surface area contributed by atoms with Crippen molar-refractivity contribution in [3.05, 3.63) is 47.0 Å². The van der Waals surface area contributed by atoms with Gasteiger partial charge in [-0.2, -0.15) is 5.10 Å². The van der Waals surface area contributed by atoms with Gasteiger partial charge in [-0.3, -0.25) is 4.79 Å². The molecule has 0 fully saturated rings. The third-order valence-electron chi connectivity index (χ3n) is 3.71. The summed E-state index contributed by atoms with van der Waals surface area (Å²) in [5, 5.41) is 4.31. The van der Waals surface area contributed by atoms with Crippen LogP contribution in [0.15, 0.2) is 24.5 Å². The lowest BCUT2D eigenvalue weighted by Gasteiger charge is -2.16. The Hall–Kier alpha value is -2.17. The Morgan fingerprint density at radius 3 is 2.55 bits per heavy atom. The van der Waals surface area contributed by atoms with Gasteiger partial charge in [0.25, 0.3) is 0 Å². The second-order valence-corrected chi connectivity index (χ2v) is 6.27. The van der Waals surface area contributed by atoms with Crippen LogP contribution in [-0.2, 0) is 17.8 Å². The van der Waals surface area contributed by atoms with Gasteiger partial charge >= 0.3 is 0 Å². The van der Waals surface area contributed by atoms with Crippen molar-refractivity contribution in [3.8, 4) is 0 Å². The third-order valence-corrected chi connectivity index (χ3v) is 3.71. The Balaban J connectivity index is 2.25. The molecule has 1 heterocycles. The van der Waals surface area contributed by atoms with Crippen molar-refractivity contribution in [2.45, 2.75) is 52.5 Å². The predicted molar refractivity (Wildman–Crippen MR) is 86.6 cm³/mol. The molecule has 0 aliphatic heterocycles. The highest BCUT2D eigenvalue weighted by Crippen LogP contribution is 2.25. The Labute approximate surface area is 131 Å². The van der Waals surface area contributed by atoms with E-state index in [9.17, 15) is 4.79 Å². The van der Waals surface area contributed by atoms with E-state index < -0.39 is 5.91 Å². The molecule has 1 aromatic heterocycles. The summed E-state index contributed by atoms with van der Waals surface area (Å²) < 4.78 is 1.76. The van der Waals surface area contributed by atoms with Gasteiger partial charge < -0.3 is 5.73 Å². The molecule has 2 aromatic rings. The molecule has 5 heteroatoms. The van der Waals surface area contributed by atoms with Crippen molar-refractivity contribution in [2.75, 3.05) is 0 Å². The minimum atomic E-state index is -0.415. The lowest BCUT2D eigenvalue weighted by Crippen LogP contribution is -2.15. The molecule has 2 rings (SSSR count). The van der Waals surface area contributed by atoms with Crippen LogP contribution in [0.4, 0.5) is 0 Å². The summed E-state index contributed by atoms with van der Waals surface area (Å²) >= 11 is 0. The van der Waals surface area contributed by atoms with Gasteiger partial charge in [0.15, 0.2) is 5.82 Å². The SMILES string of the molecule is CC(C)c1ccc(Cn2cnc(CC(N)=O)n2)c(C(C)C)c1. The first kappa shape index (κ1) is 16.2. The monoisotopic (exact) mass is 300 g/mol. The molecule has 0 saturated carbocycles. The normalized spacial score (nSPS) is 11.4. The van der Waals surface area contributed by atoms with Gasteiger partial charge in [-0.05, 0) is 28.5 Å². The topological polar surface area (TPSA) is 73.8 Å². The maximum atomic E-state index is 10.9. The second-order valence-electron chi connectivity index (χ2n) is 6.27. The first-order valence-electron chi connectivity index (χ1n) is 7.66. The van der Waals surface area contributed by atoms with Gasteiger partial charge in [-0.15, -0.1) is 0 Å². The summed E-state index contributed by atoms with van der Waals surface area (Å²) in [6.45, 7) is 9.45. The molecule has 0 aliphatic carbocycles. The maximum absolute atomic E-state index is 10.9. The van der Waals surface area contributed by atoms with Crippen molar-refractivity contribution in [2.24, 2.45) is 5.73 Å². The minimum Gasteiger partial charge on any atom is -0.369 e. The molecule has 1 aromatic carbocycles. The molecule has 0 saturated heterocycles. The highest BCUT2D eigenvalue weighted by molar-refractivity contribution is 5.75. The van der Waals surface area contributed by atoms with Crippen molar-refractivity contribution in [1.29, 1.82) is 0 Å². The number of hydrogen-bond acceptors (Lipinski definition) is 3. The fourth-order valence-electron chi connectivity index (χ4n) is 2.47. The lowest BCUT2D eigenvalue weighted by atomic mass is 9.91. The molecular formula is C17H24N4O. The van der Waals surface area contributed by atoms with Crippen LogP contribution in [0, 0.1) is 0 Å². The number of carbonyl (C=O) groups excluding carboxylic acids is 1. The first-order chi connectivity index (χ1) is 10.4. The van der Waals surface area contributed by atoms with E-state index in [1.54, 1.807) is 11.0 Å². The number of nitrogens with two attached hydrogens (primary N) is 1. The van der Waals surface area contributed by atoms with Crippen molar-refractivity contribution in [1.82, 2.24) is 14.8 Å². The molecule has 22 heavy (non-hydrogen) atoms. The van der Waals surface area contributed by atoms with Crippen LogP contribution in [0.25, 0.3) is 0 Å². The molecule has 5 nitrogen and oxygen atoms in total. The van der Waals surface area contributed by atoms with E-state index in [4.69, 9.17) is 5.73 Å². The van der Waals surface area contributed by atoms with Gasteiger partial charge in [-0.1, -0.05) is 45.9 Å². The van der Waals surface area contributed by atoms with Gasteiger partial charge in [0, 0.05) is 0 Å². The van der Waals surface area contributed by atoms with Gasteiger partial charge in [0.05, 0.1) is 13.0 Å². The standard InChI is InChI=1S/C17H24N4O/c1-11(2)13-5-6-14(15(7-13)12(3)4)9-21-10-19-17(20-21)8-16(18)22/h5-7,10-12H,8-9H2,1-4H3,(H2,18,22). The molecule has 0 unspecified atom stereocenters. The zero-order chi connectivity index (χ0) is 16.3. The van der Waals surface area contributed by atoms with Gasteiger partial charge in [0.1, 0.15) is 6.33 Å². The van der Waals surface area contributed by atoms with Crippen LogP contribution in [0.1, 0.15) is 62.0 Å². The Morgan fingerprint density at radius 1 is 1.23 bits per heavy atom. The summed E-state index contributed by atoms with van der Waals surface area (Å²) in [6.07, 6.45) is 1.73. The largest absolute Gasteiger partial charge is 0.369 e. The van der Waals surface area contributed by atoms with E-state index in [0.29, 0.717) is 24.2 Å². The summed E-state index contributed by atoms with van der Waals surface area (Å²) in [7, 11) is 0. The Morgan fingerprint density at radius 2 is 1.95 bits per heavy atom. The fourth-order valence-corrected chi connectivity index (χ4v) is 2.47. The number of benzene rings is 1. The molecule has 0 spiro atoms. The number of hydrogen-bond donors (Lipinski definition) is 1. The minimum absolute atomic E-state index is 0.0797. The quantitative estimate of drug-likeness (QED) is 0.891. The summed E-state index contributed by atoms with van der Waals surface area (Å²) in [6, 6.07) is 6.62. The zero-order valence-corrected chi connectivity index (χ0v) is 13.7. The maximum Gasteiger partial charge on any atom is 0.225 e. The lowest BCUT2D eigenvalue weighted by molar-refractivity contribution is -0.117. The molecule has 2 N–H and O–H groups in total. The van der Waals surface area contributed by atoms with Crippen molar-refractivity contribution in [3.63, 3.8) is 0 Å². The van der Waals surface area contributed by atoms with E-state index in [1.165, 1.54) is 16.7 Å². The highest BCUT2D eigenvalue weighted by Gasteiger charge is 2.11. The van der Waals surface area contributed by atoms with Crippen LogP contribution >= 0.6 is 0 Å². The number of aromatic nitrogens is 3. The molecule has 0 aliphatic rings. The third kappa shape index (κ3) is 3.93. The van der Waals surface area contributed by atoms with Crippen molar-refractivity contribution < 1.29 is 4.79 Å². The Bertz CT molecular complexity index is 658. The van der Waals surface area contributed by atoms with Crippen molar-refractivity contribution >= 4 is 5.91 Å². The molecule has 0 radical (unpaired) electrons.